The lowest BCUT2D eigenvalue weighted by atomic mass is 10.0. The Morgan fingerprint density at radius 3 is 2.55 bits per heavy atom. The second kappa shape index (κ2) is 8.61. The normalized spacial score (nSPS) is 15.7. The van der Waals surface area contributed by atoms with E-state index < -0.39 is 17.8 Å². The summed E-state index contributed by atoms with van der Waals surface area (Å²) in [5.41, 5.74) is 2.64. The smallest absolute Gasteiger partial charge is 0.335 e. The molecule has 0 radical (unpaired) electrons. The van der Waals surface area contributed by atoms with Crippen LogP contribution in [0.15, 0.2) is 46.4 Å². The van der Waals surface area contributed by atoms with Crippen molar-refractivity contribution in [2.45, 2.75) is 27.2 Å². The van der Waals surface area contributed by atoms with Crippen LogP contribution in [0, 0.1) is 13.8 Å². The highest BCUT2D eigenvalue weighted by molar-refractivity contribution is 9.10. The van der Waals surface area contributed by atoms with E-state index in [0.717, 1.165) is 22.4 Å². The first kappa shape index (κ1) is 20.8. The Hall–Kier alpha value is -2.93. The molecule has 4 amide bonds. The lowest BCUT2D eigenvalue weighted by Gasteiger charge is -2.27. The highest BCUT2D eigenvalue weighted by atomic mass is 79.9. The molecule has 0 aliphatic carbocycles. The van der Waals surface area contributed by atoms with Crippen molar-refractivity contribution in [2.75, 3.05) is 11.5 Å². The number of carbonyl (C=O) groups is 3. The number of nitrogens with one attached hydrogen (secondary N) is 1. The summed E-state index contributed by atoms with van der Waals surface area (Å²) < 4.78 is 6.33. The van der Waals surface area contributed by atoms with Gasteiger partial charge in [-0.2, -0.15) is 0 Å². The molecular weight excluding hydrogens is 436 g/mol. The zero-order valence-corrected chi connectivity index (χ0v) is 18.0. The van der Waals surface area contributed by atoms with Crippen molar-refractivity contribution in [1.82, 2.24) is 5.32 Å². The van der Waals surface area contributed by atoms with Crippen molar-refractivity contribution < 1.29 is 19.1 Å². The molecule has 0 unspecified atom stereocenters. The van der Waals surface area contributed by atoms with Gasteiger partial charge in [-0.25, -0.2) is 9.69 Å². The predicted octanol–water partition coefficient (Wildman–Crippen LogP) is 4.52. The average molecular weight is 457 g/mol. The first-order chi connectivity index (χ1) is 13.8. The highest BCUT2D eigenvalue weighted by Gasteiger charge is 2.37. The molecule has 1 saturated heterocycles. The lowest BCUT2D eigenvalue weighted by molar-refractivity contribution is -0.122. The SMILES string of the molecule is CCCOc1ccc(/C=C2\C(=O)NC(=O)N(c3cc(C)ccc3C)C2=O)cc1Br. The number of urea groups is 1. The van der Waals surface area contributed by atoms with Crippen molar-refractivity contribution in [2.24, 2.45) is 0 Å². The number of ether oxygens (including phenoxy) is 1. The van der Waals surface area contributed by atoms with Crippen molar-refractivity contribution in [3.05, 3.63) is 63.1 Å². The molecule has 3 rings (SSSR count). The summed E-state index contributed by atoms with van der Waals surface area (Å²) in [6.45, 7) is 6.29. The first-order valence-corrected chi connectivity index (χ1v) is 10.0. The van der Waals surface area contributed by atoms with Gasteiger partial charge in [0, 0.05) is 0 Å². The standard InChI is InChI=1S/C22H21BrN2O4/c1-4-9-29-19-8-7-15(12-17(19)23)11-16-20(26)24-22(28)25(21(16)27)18-10-13(2)5-6-14(18)3/h5-8,10-12H,4,9H2,1-3H3,(H,24,26,28)/b16-11+. The van der Waals surface area contributed by atoms with Crippen molar-refractivity contribution in [3.63, 3.8) is 0 Å². The summed E-state index contributed by atoms with van der Waals surface area (Å²) in [7, 11) is 0. The van der Waals surface area contributed by atoms with E-state index in [1.54, 1.807) is 31.2 Å². The number of rotatable bonds is 5. The fourth-order valence-electron chi connectivity index (χ4n) is 2.94. The van der Waals surface area contributed by atoms with Gasteiger partial charge in [0.1, 0.15) is 11.3 Å². The third kappa shape index (κ3) is 4.40. The number of aryl methyl sites for hydroxylation is 2. The Morgan fingerprint density at radius 1 is 1.10 bits per heavy atom. The molecule has 2 aromatic carbocycles. The van der Waals surface area contributed by atoms with Gasteiger partial charge < -0.3 is 4.74 Å². The number of anilines is 1. The molecule has 1 fully saturated rings. The number of imide groups is 2. The van der Waals surface area contributed by atoms with Crippen molar-refractivity contribution in [3.8, 4) is 5.75 Å². The van der Waals surface area contributed by atoms with Crippen LogP contribution in [0.4, 0.5) is 10.5 Å². The maximum atomic E-state index is 13.0. The van der Waals surface area contributed by atoms with Gasteiger partial charge in [0.25, 0.3) is 11.8 Å². The third-order valence-electron chi connectivity index (χ3n) is 4.44. The van der Waals surface area contributed by atoms with E-state index in [-0.39, 0.29) is 5.57 Å². The minimum absolute atomic E-state index is 0.111. The van der Waals surface area contributed by atoms with Crippen LogP contribution in [-0.2, 0) is 9.59 Å². The van der Waals surface area contributed by atoms with Crippen LogP contribution in [0.1, 0.15) is 30.0 Å². The summed E-state index contributed by atoms with van der Waals surface area (Å²) in [4.78, 5) is 38.8. The number of amides is 4. The number of halogens is 1. The topological polar surface area (TPSA) is 75.7 Å². The van der Waals surface area contributed by atoms with Crippen LogP contribution in [0.3, 0.4) is 0 Å². The summed E-state index contributed by atoms with van der Waals surface area (Å²) in [5.74, 6) is -0.695. The van der Waals surface area contributed by atoms with Crippen molar-refractivity contribution >= 4 is 45.5 Å². The Bertz CT molecular complexity index is 1030. The second-order valence-electron chi connectivity index (χ2n) is 6.79. The molecular formula is C22H21BrN2O4. The monoisotopic (exact) mass is 456 g/mol. The fourth-order valence-corrected chi connectivity index (χ4v) is 3.45. The zero-order chi connectivity index (χ0) is 21.1. The number of carbonyl (C=O) groups excluding carboxylic acids is 3. The van der Waals surface area contributed by atoms with Crippen LogP contribution < -0.4 is 15.0 Å². The molecule has 7 heteroatoms. The maximum absolute atomic E-state index is 13.0. The minimum Gasteiger partial charge on any atom is -0.492 e. The molecule has 0 atom stereocenters. The van der Waals surface area contributed by atoms with E-state index >= 15 is 0 Å². The van der Waals surface area contributed by atoms with Gasteiger partial charge >= 0.3 is 6.03 Å². The first-order valence-electron chi connectivity index (χ1n) is 9.23. The molecule has 1 aliphatic heterocycles. The van der Waals surface area contributed by atoms with Gasteiger partial charge in [0.05, 0.1) is 16.8 Å². The largest absolute Gasteiger partial charge is 0.492 e. The number of nitrogens with zero attached hydrogens (tertiary/aromatic N) is 1. The zero-order valence-electron chi connectivity index (χ0n) is 16.4. The molecule has 0 spiro atoms. The molecule has 6 nitrogen and oxygen atoms in total. The Labute approximate surface area is 177 Å². The van der Waals surface area contributed by atoms with E-state index in [0.29, 0.717) is 28.1 Å². The molecule has 2 aromatic rings. The van der Waals surface area contributed by atoms with Gasteiger partial charge in [-0.3, -0.25) is 14.9 Å². The van der Waals surface area contributed by atoms with Crippen LogP contribution in [-0.4, -0.2) is 24.5 Å². The number of hydrogen-bond acceptors (Lipinski definition) is 4. The van der Waals surface area contributed by atoms with E-state index in [2.05, 4.69) is 21.2 Å². The van der Waals surface area contributed by atoms with Crippen molar-refractivity contribution in [1.29, 1.82) is 0 Å². The van der Waals surface area contributed by atoms with E-state index in [1.807, 2.05) is 26.0 Å². The quantitative estimate of drug-likeness (QED) is 0.529. The highest BCUT2D eigenvalue weighted by Crippen LogP contribution is 2.29. The molecule has 0 saturated carbocycles. The Morgan fingerprint density at radius 2 is 1.86 bits per heavy atom. The molecule has 0 aromatic heterocycles. The maximum Gasteiger partial charge on any atom is 0.335 e. The van der Waals surface area contributed by atoms with Crippen LogP contribution in [0.2, 0.25) is 0 Å². The Kier molecular flexibility index (Phi) is 6.17. The number of benzene rings is 2. The summed E-state index contributed by atoms with van der Waals surface area (Å²) >= 11 is 3.44. The third-order valence-corrected chi connectivity index (χ3v) is 5.06. The number of barbiturate groups is 1. The van der Waals surface area contributed by atoms with E-state index in [1.165, 1.54) is 6.08 Å². The summed E-state index contributed by atoms with van der Waals surface area (Å²) in [5, 5.41) is 2.25. The van der Waals surface area contributed by atoms with Gasteiger partial charge in [-0.1, -0.05) is 25.1 Å². The fraction of sp³-hybridized carbons (Fsp3) is 0.227. The Balaban J connectivity index is 1.97. The van der Waals surface area contributed by atoms with Crippen LogP contribution in [0.25, 0.3) is 6.08 Å². The summed E-state index contributed by atoms with van der Waals surface area (Å²) in [6, 6.07) is 10.0. The average Bonchev–Trinajstić information content (AvgIpc) is 2.67. The minimum atomic E-state index is -0.754. The van der Waals surface area contributed by atoms with Gasteiger partial charge in [0.2, 0.25) is 0 Å². The summed E-state index contributed by atoms with van der Waals surface area (Å²) in [6.07, 6.45) is 2.35. The molecule has 1 N–H and O–H groups in total. The predicted molar refractivity (Wildman–Crippen MR) is 115 cm³/mol. The van der Waals surface area contributed by atoms with Gasteiger partial charge in [-0.05, 0) is 77.2 Å². The molecule has 1 heterocycles. The molecule has 29 heavy (non-hydrogen) atoms. The second-order valence-corrected chi connectivity index (χ2v) is 7.64. The number of hydrogen-bond donors (Lipinski definition) is 1. The molecule has 1 aliphatic rings. The van der Waals surface area contributed by atoms with Crippen LogP contribution in [0.5, 0.6) is 5.75 Å². The van der Waals surface area contributed by atoms with Gasteiger partial charge in [-0.15, -0.1) is 0 Å². The lowest BCUT2D eigenvalue weighted by Crippen LogP contribution is -2.54. The van der Waals surface area contributed by atoms with E-state index in [4.69, 9.17) is 4.74 Å². The van der Waals surface area contributed by atoms with E-state index in [9.17, 15) is 14.4 Å². The molecule has 150 valence electrons. The van der Waals surface area contributed by atoms with Crippen LogP contribution >= 0.6 is 15.9 Å². The molecule has 0 bridgehead atoms. The van der Waals surface area contributed by atoms with Gasteiger partial charge in [0.15, 0.2) is 0 Å².